The minimum atomic E-state index is -0.310. The summed E-state index contributed by atoms with van der Waals surface area (Å²) in [5, 5.41) is 2.36. The Morgan fingerprint density at radius 1 is 1.10 bits per heavy atom. The number of rotatable bonds is 5. The standard InChI is InChI=1S/C17H18O3/c1-19-16-10-9-14-11-13(7-8-15(14)12-16)5-3-4-6-17(18)20-2/h4,6-12H,3,5H2,1-2H3. The third kappa shape index (κ3) is 3.60. The summed E-state index contributed by atoms with van der Waals surface area (Å²) in [4.78, 5) is 10.9. The monoisotopic (exact) mass is 270 g/mol. The van der Waals surface area contributed by atoms with Gasteiger partial charge in [0.2, 0.25) is 0 Å². The maximum Gasteiger partial charge on any atom is 0.330 e. The summed E-state index contributed by atoms with van der Waals surface area (Å²) in [6.45, 7) is 0. The summed E-state index contributed by atoms with van der Waals surface area (Å²) in [6.07, 6.45) is 5.02. The van der Waals surface area contributed by atoms with Crippen molar-refractivity contribution < 1.29 is 14.3 Å². The van der Waals surface area contributed by atoms with Crippen LogP contribution in [0.25, 0.3) is 10.8 Å². The van der Waals surface area contributed by atoms with E-state index in [4.69, 9.17) is 4.74 Å². The number of ether oxygens (including phenoxy) is 2. The van der Waals surface area contributed by atoms with Crippen LogP contribution in [0.2, 0.25) is 0 Å². The lowest BCUT2D eigenvalue weighted by molar-refractivity contribution is -0.134. The van der Waals surface area contributed by atoms with Crippen LogP contribution in [0.5, 0.6) is 5.75 Å². The second kappa shape index (κ2) is 6.75. The summed E-state index contributed by atoms with van der Waals surface area (Å²) < 4.78 is 9.76. The Kier molecular flexibility index (Phi) is 4.77. The molecule has 0 N–H and O–H groups in total. The molecule has 0 radical (unpaired) electrons. The molecule has 0 aliphatic carbocycles. The van der Waals surface area contributed by atoms with Crippen LogP contribution >= 0.6 is 0 Å². The maximum atomic E-state index is 10.9. The summed E-state index contributed by atoms with van der Waals surface area (Å²) in [5.74, 6) is 0.557. The first-order valence-corrected chi connectivity index (χ1v) is 6.54. The average molecular weight is 270 g/mol. The fourth-order valence-corrected chi connectivity index (χ4v) is 2.05. The van der Waals surface area contributed by atoms with Gasteiger partial charge in [-0.25, -0.2) is 4.79 Å². The van der Waals surface area contributed by atoms with Crippen molar-refractivity contribution in [1.82, 2.24) is 0 Å². The van der Waals surface area contributed by atoms with Gasteiger partial charge in [0.15, 0.2) is 0 Å². The van der Waals surface area contributed by atoms with Crippen LogP contribution in [0.15, 0.2) is 48.6 Å². The summed E-state index contributed by atoms with van der Waals surface area (Å²) in [5.41, 5.74) is 1.25. The van der Waals surface area contributed by atoms with Crippen LogP contribution in [0, 0.1) is 0 Å². The third-order valence-electron chi connectivity index (χ3n) is 3.17. The van der Waals surface area contributed by atoms with Crippen molar-refractivity contribution in [2.45, 2.75) is 12.8 Å². The van der Waals surface area contributed by atoms with E-state index in [1.54, 1.807) is 7.11 Å². The van der Waals surface area contributed by atoms with E-state index >= 15 is 0 Å². The van der Waals surface area contributed by atoms with Gasteiger partial charge in [0.25, 0.3) is 0 Å². The number of hydrogen-bond acceptors (Lipinski definition) is 3. The SMILES string of the molecule is COC(=O)C=CCCc1ccc2cc(OC)ccc2c1. The molecule has 2 aromatic carbocycles. The van der Waals surface area contributed by atoms with E-state index in [1.807, 2.05) is 18.2 Å². The van der Waals surface area contributed by atoms with Gasteiger partial charge in [-0.05, 0) is 41.3 Å². The number of carbonyl (C=O) groups is 1. The highest BCUT2D eigenvalue weighted by Crippen LogP contribution is 2.22. The molecule has 0 amide bonds. The van der Waals surface area contributed by atoms with Gasteiger partial charge in [-0.3, -0.25) is 0 Å². The number of esters is 1. The molecule has 0 aliphatic rings. The molecule has 2 aromatic rings. The normalized spacial score (nSPS) is 10.9. The van der Waals surface area contributed by atoms with E-state index < -0.39 is 0 Å². The summed E-state index contributed by atoms with van der Waals surface area (Å²) in [7, 11) is 3.05. The molecule has 0 saturated carbocycles. The van der Waals surface area contributed by atoms with E-state index in [1.165, 1.54) is 29.5 Å². The number of allylic oxidation sites excluding steroid dienone is 1. The van der Waals surface area contributed by atoms with Gasteiger partial charge in [0, 0.05) is 6.08 Å². The molecular weight excluding hydrogens is 252 g/mol. The van der Waals surface area contributed by atoms with Gasteiger partial charge in [0.1, 0.15) is 5.75 Å². The number of methoxy groups -OCH3 is 2. The third-order valence-corrected chi connectivity index (χ3v) is 3.17. The van der Waals surface area contributed by atoms with E-state index in [9.17, 15) is 4.79 Å². The number of hydrogen-bond donors (Lipinski definition) is 0. The fraction of sp³-hybridized carbons (Fsp3) is 0.235. The van der Waals surface area contributed by atoms with Crippen molar-refractivity contribution in [1.29, 1.82) is 0 Å². The van der Waals surface area contributed by atoms with E-state index in [2.05, 4.69) is 29.0 Å². The average Bonchev–Trinajstić information content (AvgIpc) is 2.50. The van der Waals surface area contributed by atoms with Gasteiger partial charge < -0.3 is 9.47 Å². The zero-order chi connectivity index (χ0) is 14.4. The molecule has 3 nitrogen and oxygen atoms in total. The predicted molar refractivity (Wildman–Crippen MR) is 80.0 cm³/mol. The first-order chi connectivity index (χ1) is 9.72. The van der Waals surface area contributed by atoms with Crippen molar-refractivity contribution in [3.8, 4) is 5.75 Å². The maximum absolute atomic E-state index is 10.9. The van der Waals surface area contributed by atoms with Gasteiger partial charge in [-0.2, -0.15) is 0 Å². The molecule has 20 heavy (non-hydrogen) atoms. The molecule has 0 heterocycles. The Morgan fingerprint density at radius 2 is 1.85 bits per heavy atom. The van der Waals surface area contributed by atoms with Gasteiger partial charge in [-0.15, -0.1) is 0 Å². The summed E-state index contributed by atoms with van der Waals surface area (Å²) in [6, 6.07) is 12.4. The largest absolute Gasteiger partial charge is 0.497 e. The van der Waals surface area contributed by atoms with Crippen LogP contribution < -0.4 is 4.74 Å². The molecule has 0 aromatic heterocycles. The Hall–Kier alpha value is -2.29. The van der Waals surface area contributed by atoms with Crippen molar-refractivity contribution in [2.24, 2.45) is 0 Å². The zero-order valence-corrected chi connectivity index (χ0v) is 11.8. The zero-order valence-electron chi connectivity index (χ0n) is 11.8. The van der Waals surface area contributed by atoms with E-state index in [0.29, 0.717) is 0 Å². The Morgan fingerprint density at radius 3 is 2.60 bits per heavy atom. The second-order valence-electron chi connectivity index (χ2n) is 4.51. The topological polar surface area (TPSA) is 35.5 Å². The molecule has 0 aliphatic heterocycles. The molecule has 0 atom stereocenters. The van der Waals surface area contributed by atoms with Gasteiger partial charge >= 0.3 is 5.97 Å². The van der Waals surface area contributed by atoms with Gasteiger partial charge in [-0.1, -0.05) is 30.3 Å². The summed E-state index contributed by atoms with van der Waals surface area (Å²) >= 11 is 0. The lowest BCUT2D eigenvalue weighted by Gasteiger charge is -2.05. The van der Waals surface area contributed by atoms with Crippen LogP contribution in [-0.2, 0) is 16.0 Å². The van der Waals surface area contributed by atoms with Gasteiger partial charge in [0.05, 0.1) is 14.2 Å². The molecule has 0 bridgehead atoms. The van der Waals surface area contributed by atoms with Crippen molar-refractivity contribution >= 4 is 16.7 Å². The first-order valence-electron chi connectivity index (χ1n) is 6.54. The second-order valence-corrected chi connectivity index (χ2v) is 4.51. The first kappa shape index (κ1) is 14.1. The van der Waals surface area contributed by atoms with Crippen molar-refractivity contribution in [3.63, 3.8) is 0 Å². The van der Waals surface area contributed by atoms with E-state index in [-0.39, 0.29) is 5.97 Å². The van der Waals surface area contributed by atoms with Crippen LogP contribution in [0.1, 0.15) is 12.0 Å². The molecular formula is C17H18O3. The number of benzene rings is 2. The molecule has 0 saturated heterocycles. The quantitative estimate of drug-likeness (QED) is 0.616. The molecule has 2 rings (SSSR count). The number of carbonyl (C=O) groups excluding carboxylic acids is 1. The number of fused-ring (bicyclic) bond motifs is 1. The lowest BCUT2D eigenvalue weighted by atomic mass is 10.0. The van der Waals surface area contributed by atoms with Crippen LogP contribution in [0.3, 0.4) is 0 Å². The molecule has 0 fully saturated rings. The van der Waals surface area contributed by atoms with E-state index in [0.717, 1.165) is 18.6 Å². The minimum Gasteiger partial charge on any atom is -0.497 e. The minimum absolute atomic E-state index is 0.310. The molecule has 0 unspecified atom stereocenters. The smallest absolute Gasteiger partial charge is 0.330 e. The Balaban J connectivity index is 2.05. The Labute approximate surface area is 118 Å². The number of aryl methyl sites for hydroxylation is 1. The molecule has 0 spiro atoms. The highest BCUT2D eigenvalue weighted by molar-refractivity contribution is 5.84. The Bertz CT molecular complexity index is 629. The van der Waals surface area contributed by atoms with Crippen LogP contribution in [0.4, 0.5) is 0 Å². The molecule has 3 heteroatoms. The van der Waals surface area contributed by atoms with Crippen molar-refractivity contribution in [2.75, 3.05) is 14.2 Å². The van der Waals surface area contributed by atoms with Crippen molar-refractivity contribution in [3.05, 3.63) is 54.1 Å². The fourth-order valence-electron chi connectivity index (χ4n) is 2.05. The molecule has 104 valence electrons. The highest BCUT2D eigenvalue weighted by atomic mass is 16.5. The highest BCUT2D eigenvalue weighted by Gasteiger charge is 1.99. The van der Waals surface area contributed by atoms with Crippen LogP contribution in [-0.4, -0.2) is 20.2 Å². The lowest BCUT2D eigenvalue weighted by Crippen LogP contribution is -1.93. The predicted octanol–water partition coefficient (Wildman–Crippen LogP) is 3.51.